The van der Waals surface area contributed by atoms with E-state index in [1.807, 2.05) is 37.3 Å². The van der Waals surface area contributed by atoms with Gasteiger partial charge in [0, 0.05) is 12.1 Å². The van der Waals surface area contributed by atoms with E-state index in [0.717, 1.165) is 17.7 Å². The SMILES string of the molecule is CCC1C(c2ccc(C(F)(F)F)cc2)=C(O)C(=O)N1Cc1ccccc1. The summed E-state index contributed by atoms with van der Waals surface area (Å²) in [6.45, 7) is 2.20. The lowest BCUT2D eigenvalue weighted by molar-refractivity contribution is -0.137. The molecule has 0 saturated carbocycles. The Balaban J connectivity index is 1.92. The van der Waals surface area contributed by atoms with Crippen LogP contribution >= 0.6 is 0 Å². The van der Waals surface area contributed by atoms with Gasteiger partial charge in [0.15, 0.2) is 5.76 Å². The number of hydrogen-bond acceptors (Lipinski definition) is 2. The molecule has 3 nitrogen and oxygen atoms in total. The van der Waals surface area contributed by atoms with Crippen molar-refractivity contribution in [2.45, 2.75) is 32.1 Å². The van der Waals surface area contributed by atoms with Crippen molar-refractivity contribution in [3.8, 4) is 0 Å². The second-order valence-corrected chi connectivity index (χ2v) is 6.18. The lowest BCUT2D eigenvalue weighted by Gasteiger charge is -2.26. The quantitative estimate of drug-likeness (QED) is 0.850. The van der Waals surface area contributed by atoms with E-state index in [-0.39, 0.29) is 6.04 Å². The van der Waals surface area contributed by atoms with E-state index in [0.29, 0.717) is 24.1 Å². The van der Waals surface area contributed by atoms with Gasteiger partial charge in [0.1, 0.15) is 0 Å². The van der Waals surface area contributed by atoms with Crippen LogP contribution in [0.2, 0.25) is 0 Å². The van der Waals surface area contributed by atoms with Crippen LogP contribution in [-0.4, -0.2) is 22.0 Å². The van der Waals surface area contributed by atoms with Crippen molar-refractivity contribution >= 4 is 11.5 Å². The molecule has 0 aliphatic carbocycles. The van der Waals surface area contributed by atoms with E-state index in [4.69, 9.17) is 0 Å². The molecule has 2 aromatic rings. The van der Waals surface area contributed by atoms with Crippen molar-refractivity contribution in [1.82, 2.24) is 4.90 Å². The number of benzene rings is 2. The molecular formula is C20H18F3NO2. The van der Waals surface area contributed by atoms with Gasteiger partial charge in [-0.05, 0) is 29.7 Å². The van der Waals surface area contributed by atoms with Crippen LogP contribution in [0, 0.1) is 0 Å². The molecule has 0 fully saturated rings. The fourth-order valence-corrected chi connectivity index (χ4v) is 3.26. The predicted molar refractivity (Wildman–Crippen MR) is 92.1 cm³/mol. The van der Waals surface area contributed by atoms with Gasteiger partial charge in [0.25, 0.3) is 5.91 Å². The van der Waals surface area contributed by atoms with Crippen LogP contribution in [0.5, 0.6) is 0 Å². The van der Waals surface area contributed by atoms with Crippen molar-refractivity contribution in [2.24, 2.45) is 0 Å². The molecule has 1 aliphatic rings. The summed E-state index contributed by atoms with van der Waals surface area (Å²) in [5.74, 6) is -0.900. The highest BCUT2D eigenvalue weighted by molar-refractivity contribution is 6.05. The molecule has 1 atom stereocenters. The van der Waals surface area contributed by atoms with Crippen LogP contribution in [0.1, 0.15) is 30.0 Å². The largest absolute Gasteiger partial charge is 0.503 e. The Morgan fingerprint density at radius 2 is 1.65 bits per heavy atom. The van der Waals surface area contributed by atoms with Crippen LogP contribution in [0.3, 0.4) is 0 Å². The zero-order valence-corrected chi connectivity index (χ0v) is 14.1. The maximum Gasteiger partial charge on any atom is 0.416 e. The summed E-state index contributed by atoms with van der Waals surface area (Å²) in [5.41, 5.74) is 0.953. The maximum atomic E-state index is 12.8. The first-order chi connectivity index (χ1) is 12.3. The zero-order chi connectivity index (χ0) is 18.9. The Bertz CT molecular complexity index is 826. The maximum absolute atomic E-state index is 12.8. The van der Waals surface area contributed by atoms with Crippen molar-refractivity contribution < 1.29 is 23.1 Å². The van der Waals surface area contributed by atoms with Crippen LogP contribution in [0.15, 0.2) is 60.4 Å². The van der Waals surface area contributed by atoms with Crippen LogP contribution in [0.25, 0.3) is 5.57 Å². The van der Waals surface area contributed by atoms with E-state index in [1.165, 1.54) is 12.1 Å². The van der Waals surface area contributed by atoms with E-state index in [2.05, 4.69) is 0 Å². The zero-order valence-electron chi connectivity index (χ0n) is 14.1. The van der Waals surface area contributed by atoms with E-state index in [1.54, 1.807) is 4.90 Å². The number of amides is 1. The Hall–Kier alpha value is -2.76. The van der Waals surface area contributed by atoms with Gasteiger partial charge in [-0.1, -0.05) is 49.4 Å². The highest BCUT2D eigenvalue weighted by Crippen LogP contribution is 2.37. The Kier molecular flexibility index (Phi) is 4.76. The van der Waals surface area contributed by atoms with Gasteiger partial charge >= 0.3 is 6.18 Å². The summed E-state index contributed by atoms with van der Waals surface area (Å²) in [7, 11) is 0. The number of aliphatic hydroxyl groups excluding tert-OH is 1. The summed E-state index contributed by atoms with van der Waals surface area (Å²) in [6.07, 6.45) is -3.89. The average Bonchev–Trinajstić information content (AvgIpc) is 2.86. The van der Waals surface area contributed by atoms with Gasteiger partial charge < -0.3 is 10.0 Å². The number of carbonyl (C=O) groups excluding carboxylic acids is 1. The Morgan fingerprint density at radius 3 is 2.19 bits per heavy atom. The summed E-state index contributed by atoms with van der Waals surface area (Å²) in [4.78, 5) is 14.1. The first kappa shape index (κ1) is 18.0. The third-order valence-corrected chi connectivity index (χ3v) is 4.53. The van der Waals surface area contributed by atoms with Gasteiger partial charge in [0.05, 0.1) is 11.6 Å². The lowest BCUT2D eigenvalue weighted by Crippen LogP contribution is -2.34. The van der Waals surface area contributed by atoms with Gasteiger partial charge in [-0.2, -0.15) is 13.2 Å². The molecule has 0 spiro atoms. The number of nitrogens with zero attached hydrogens (tertiary/aromatic N) is 1. The molecule has 0 aromatic heterocycles. The molecule has 1 aliphatic heterocycles. The van der Waals surface area contributed by atoms with E-state index < -0.39 is 23.4 Å². The van der Waals surface area contributed by atoms with Gasteiger partial charge in [-0.25, -0.2) is 0 Å². The van der Waals surface area contributed by atoms with Crippen molar-refractivity contribution in [3.05, 3.63) is 77.0 Å². The average molecular weight is 361 g/mol. The van der Waals surface area contributed by atoms with Crippen molar-refractivity contribution in [1.29, 1.82) is 0 Å². The van der Waals surface area contributed by atoms with Crippen molar-refractivity contribution in [2.75, 3.05) is 0 Å². The number of aliphatic hydroxyl groups is 1. The van der Waals surface area contributed by atoms with Crippen LogP contribution in [-0.2, 0) is 17.5 Å². The molecule has 0 bridgehead atoms. The number of alkyl halides is 3. The topological polar surface area (TPSA) is 40.5 Å². The molecule has 1 amide bonds. The van der Waals surface area contributed by atoms with Gasteiger partial charge in [-0.15, -0.1) is 0 Å². The summed E-state index contributed by atoms with van der Waals surface area (Å²) in [6, 6.07) is 13.5. The second-order valence-electron chi connectivity index (χ2n) is 6.18. The first-order valence-corrected chi connectivity index (χ1v) is 8.28. The third kappa shape index (κ3) is 3.31. The molecule has 26 heavy (non-hydrogen) atoms. The molecule has 1 N–H and O–H groups in total. The molecule has 1 heterocycles. The molecule has 0 saturated heterocycles. The number of hydrogen-bond donors (Lipinski definition) is 1. The van der Waals surface area contributed by atoms with Crippen molar-refractivity contribution in [3.63, 3.8) is 0 Å². The first-order valence-electron chi connectivity index (χ1n) is 8.28. The fraction of sp³-hybridized carbons (Fsp3) is 0.250. The predicted octanol–water partition coefficient (Wildman–Crippen LogP) is 4.80. The smallest absolute Gasteiger partial charge is 0.416 e. The molecule has 3 rings (SSSR count). The highest BCUT2D eigenvalue weighted by atomic mass is 19.4. The van der Waals surface area contributed by atoms with Gasteiger partial charge in [-0.3, -0.25) is 4.79 Å². The summed E-state index contributed by atoms with van der Waals surface area (Å²) >= 11 is 0. The molecule has 2 aromatic carbocycles. The molecule has 136 valence electrons. The lowest BCUT2D eigenvalue weighted by atomic mass is 9.96. The number of halogens is 3. The second kappa shape index (κ2) is 6.86. The number of carbonyl (C=O) groups is 1. The molecule has 1 unspecified atom stereocenters. The molecule has 0 radical (unpaired) electrons. The van der Waals surface area contributed by atoms with Crippen LogP contribution < -0.4 is 0 Å². The standard InChI is InChI=1S/C20H18F3NO2/c1-2-16-17(14-8-10-15(11-9-14)20(21,22)23)18(25)19(26)24(16)12-13-6-4-3-5-7-13/h3-11,16,25H,2,12H2,1H3. The fourth-order valence-electron chi connectivity index (χ4n) is 3.26. The normalized spacial score (nSPS) is 17.9. The minimum absolute atomic E-state index is 0.326. The van der Waals surface area contributed by atoms with E-state index in [9.17, 15) is 23.1 Å². The Labute approximate surface area is 149 Å². The van der Waals surface area contributed by atoms with Gasteiger partial charge in [0.2, 0.25) is 0 Å². The monoisotopic (exact) mass is 361 g/mol. The molecular weight excluding hydrogens is 343 g/mol. The molecule has 6 heteroatoms. The summed E-state index contributed by atoms with van der Waals surface area (Å²) in [5, 5.41) is 10.4. The third-order valence-electron chi connectivity index (χ3n) is 4.53. The minimum Gasteiger partial charge on any atom is -0.503 e. The minimum atomic E-state index is -4.43. The number of rotatable bonds is 4. The highest BCUT2D eigenvalue weighted by Gasteiger charge is 2.39. The summed E-state index contributed by atoms with van der Waals surface area (Å²) < 4.78 is 38.3. The van der Waals surface area contributed by atoms with E-state index >= 15 is 0 Å². The Morgan fingerprint density at radius 1 is 1.04 bits per heavy atom. The van der Waals surface area contributed by atoms with Crippen LogP contribution in [0.4, 0.5) is 13.2 Å².